The standard InChI is InChI=1S/C13H22N4O/c1-8-12(9(2)17(3)16-8)13(18)15-11-7-5-4-6-10(11)14/h10-11H,4-7,14H2,1-3H3,(H,15,18)/t10-,11-/m1/s1. The van der Waals surface area contributed by atoms with Crippen molar-refractivity contribution in [2.75, 3.05) is 0 Å². The topological polar surface area (TPSA) is 72.9 Å². The first kappa shape index (κ1) is 13.1. The third-order valence-electron chi connectivity index (χ3n) is 3.87. The Morgan fingerprint density at radius 3 is 2.61 bits per heavy atom. The SMILES string of the molecule is Cc1nn(C)c(C)c1C(=O)N[C@@H]1CCCC[C@H]1N. The van der Waals surface area contributed by atoms with E-state index in [0.29, 0.717) is 5.56 Å². The highest BCUT2D eigenvalue weighted by Gasteiger charge is 2.26. The first-order valence-electron chi connectivity index (χ1n) is 6.57. The van der Waals surface area contributed by atoms with E-state index >= 15 is 0 Å². The monoisotopic (exact) mass is 250 g/mol. The average Bonchev–Trinajstić information content (AvgIpc) is 2.56. The molecule has 2 atom stereocenters. The van der Waals surface area contributed by atoms with Gasteiger partial charge in [0.25, 0.3) is 5.91 Å². The molecular formula is C13H22N4O. The lowest BCUT2D eigenvalue weighted by atomic mass is 9.91. The van der Waals surface area contributed by atoms with E-state index in [9.17, 15) is 4.79 Å². The van der Waals surface area contributed by atoms with E-state index in [1.807, 2.05) is 20.9 Å². The van der Waals surface area contributed by atoms with Gasteiger partial charge in [0, 0.05) is 24.8 Å². The van der Waals surface area contributed by atoms with Crippen molar-refractivity contribution < 1.29 is 4.79 Å². The van der Waals surface area contributed by atoms with Crippen molar-refractivity contribution in [3.8, 4) is 0 Å². The third kappa shape index (κ3) is 2.41. The summed E-state index contributed by atoms with van der Waals surface area (Å²) in [6.45, 7) is 3.78. The lowest BCUT2D eigenvalue weighted by Crippen LogP contribution is -2.49. The minimum Gasteiger partial charge on any atom is -0.348 e. The summed E-state index contributed by atoms with van der Waals surface area (Å²) < 4.78 is 1.74. The number of nitrogens with one attached hydrogen (secondary N) is 1. The van der Waals surface area contributed by atoms with Gasteiger partial charge < -0.3 is 11.1 Å². The number of aryl methyl sites for hydroxylation is 2. The summed E-state index contributed by atoms with van der Waals surface area (Å²) in [4.78, 5) is 12.3. The van der Waals surface area contributed by atoms with Crippen molar-refractivity contribution in [2.24, 2.45) is 12.8 Å². The van der Waals surface area contributed by atoms with E-state index in [1.165, 1.54) is 6.42 Å². The fourth-order valence-electron chi connectivity index (χ4n) is 2.68. The van der Waals surface area contributed by atoms with Crippen molar-refractivity contribution >= 4 is 5.91 Å². The highest BCUT2D eigenvalue weighted by Crippen LogP contribution is 2.18. The molecule has 1 heterocycles. The molecule has 1 saturated carbocycles. The summed E-state index contributed by atoms with van der Waals surface area (Å²) in [5, 5.41) is 7.33. The fourth-order valence-corrected chi connectivity index (χ4v) is 2.68. The molecule has 0 spiro atoms. The van der Waals surface area contributed by atoms with Gasteiger partial charge in [0.15, 0.2) is 0 Å². The largest absolute Gasteiger partial charge is 0.348 e. The van der Waals surface area contributed by atoms with Crippen LogP contribution < -0.4 is 11.1 Å². The van der Waals surface area contributed by atoms with E-state index in [1.54, 1.807) is 4.68 Å². The second-order valence-electron chi connectivity index (χ2n) is 5.20. The number of rotatable bonds is 2. The van der Waals surface area contributed by atoms with Crippen LogP contribution in [0.4, 0.5) is 0 Å². The second-order valence-corrected chi connectivity index (χ2v) is 5.20. The number of aromatic nitrogens is 2. The zero-order chi connectivity index (χ0) is 13.3. The van der Waals surface area contributed by atoms with E-state index < -0.39 is 0 Å². The molecule has 1 fully saturated rings. The molecule has 0 bridgehead atoms. The molecule has 3 N–H and O–H groups in total. The Kier molecular flexibility index (Phi) is 3.71. The molecule has 0 unspecified atom stereocenters. The molecule has 100 valence electrons. The van der Waals surface area contributed by atoms with Crippen LogP contribution >= 0.6 is 0 Å². The molecule has 1 aliphatic carbocycles. The highest BCUT2D eigenvalue weighted by molar-refractivity contribution is 5.96. The van der Waals surface area contributed by atoms with Crippen LogP contribution in [0.1, 0.15) is 47.4 Å². The maximum Gasteiger partial charge on any atom is 0.255 e. The van der Waals surface area contributed by atoms with Gasteiger partial charge in [-0.1, -0.05) is 12.8 Å². The molecule has 5 nitrogen and oxygen atoms in total. The van der Waals surface area contributed by atoms with Gasteiger partial charge >= 0.3 is 0 Å². The predicted octanol–water partition coefficient (Wildman–Crippen LogP) is 1.04. The fraction of sp³-hybridized carbons (Fsp3) is 0.692. The average molecular weight is 250 g/mol. The molecule has 18 heavy (non-hydrogen) atoms. The van der Waals surface area contributed by atoms with Gasteiger partial charge in [-0.25, -0.2) is 0 Å². The Morgan fingerprint density at radius 2 is 2.06 bits per heavy atom. The lowest BCUT2D eigenvalue weighted by molar-refractivity contribution is 0.0920. The summed E-state index contributed by atoms with van der Waals surface area (Å²) in [5.74, 6) is -0.0413. The lowest BCUT2D eigenvalue weighted by Gasteiger charge is -2.29. The van der Waals surface area contributed by atoms with Crippen LogP contribution in [0.2, 0.25) is 0 Å². The molecule has 1 amide bonds. The Balaban J connectivity index is 2.12. The van der Waals surface area contributed by atoms with Crippen molar-refractivity contribution in [1.29, 1.82) is 0 Å². The number of carbonyl (C=O) groups is 1. The molecule has 1 aliphatic rings. The van der Waals surface area contributed by atoms with Crippen LogP contribution in [0.25, 0.3) is 0 Å². The molecular weight excluding hydrogens is 228 g/mol. The zero-order valence-electron chi connectivity index (χ0n) is 11.4. The number of nitrogens with zero attached hydrogens (tertiary/aromatic N) is 2. The number of amides is 1. The van der Waals surface area contributed by atoms with Crippen LogP contribution in [-0.4, -0.2) is 27.8 Å². The van der Waals surface area contributed by atoms with Gasteiger partial charge in [-0.3, -0.25) is 9.48 Å². The van der Waals surface area contributed by atoms with Gasteiger partial charge in [0.1, 0.15) is 0 Å². The third-order valence-corrected chi connectivity index (χ3v) is 3.87. The summed E-state index contributed by atoms with van der Waals surface area (Å²) in [6.07, 6.45) is 4.28. The highest BCUT2D eigenvalue weighted by atomic mass is 16.1. The molecule has 0 radical (unpaired) electrons. The summed E-state index contributed by atoms with van der Waals surface area (Å²) in [5.41, 5.74) is 8.41. The molecule has 1 aromatic rings. The normalized spacial score (nSPS) is 24.0. The van der Waals surface area contributed by atoms with E-state index in [-0.39, 0.29) is 18.0 Å². The number of nitrogens with two attached hydrogens (primary N) is 1. The molecule has 2 rings (SSSR count). The van der Waals surface area contributed by atoms with Crippen molar-refractivity contribution in [3.05, 3.63) is 17.0 Å². The molecule has 0 saturated heterocycles. The maximum absolute atomic E-state index is 12.3. The number of carbonyl (C=O) groups excluding carboxylic acids is 1. The van der Waals surface area contributed by atoms with Crippen LogP contribution in [0.3, 0.4) is 0 Å². The first-order chi connectivity index (χ1) is 8.50. The van der Waals surface area contributed by atoms with Crippen molar-refractivity contribution in [3.63, 3.8) is 0 Å². The molecule has 0 aromatic carbocycles. The summed E-state index contributed by atoms with van der Waals surface area (Å²) in [6, 6.07) is 0.185. The van der Waals surface area contributed by atoms with Crippen LogP contribution in [0, 0.1) is 13.8 Å². The van der Waals surface area contributed by atoms with Gasteiger partial charge in [-0.05, 0) is 26.7 Å². The van der Waals surface area contributed by atoms with Gasteiger partial charge in [-0.15, -0.1) is 0 Å². The minimum absolute atomic E-state index is 0.0413. The Hall–Kier alpha value is -1.36. The van der Waals surface area contributed by atoms with Crippen LogP contribution in [0.15, 0.2) is 0 Å². The smallest absolute Gasteiger partial charge is 0.255 e. The van der Waals surface area contributed by atoms with Gasteiger partial charge in [0.05, 0.1) is 11.3 Å². The van der Waals surface area contributed by atoms with E-state index in [4.69, 9.17) is 5.73 Å². The first-order valence-corrected chi connectivity index (χ1v) is 6.57. The van der Waals surface area contributed by atoms with Gasteiger partial charge in [0.2, 0.25) is 0 Å². The van der Waals surface area contributed by atoms with Crippen LogP contribution in [-0.2, 0) is 7.05 Å². The summed E-state index contributed by atoms with van der Waals surface area (Å²) in [7, 11) is 1.85. The van der Waals surface area contributed by atoms with Crippen molar-refractivity contribution in [1.82, 2.24) is 15.1 Å². The number of hydrogen-bond donors (Lipinski definition) is 2. The second kappa shape index (κ2) is 5.10. The number of hydrogen-bond acceptors (Lipinski definition) is 3. The molecule has 1 aromatic heterocycles. The minimum atomic E-state index is -0.0413. The van der Waals surface area contributed by atoms with Crippen molar-refractivity contribution in [2.45, 2.75) is 51.6 Å². The van der Waals surface area contributed by atoms with Crippen LogP contribution in [0.5, 0.6) is 0 Å². The maximum atomic E-state index is 12.3. The molecule has 0 aliphatic heterocycles. The quantitative estimate of drug-likeness (QED) is 0.823. The zero-order valence-corrected chi connectivity index (χ0v) is 11.4. The summed E-state index contributed by atoms with van der Waals surface area (Å²) >= 11 is 0. The Bertz CT molecular complexity index is 452. The Labute approximate surface area is 108 Å². The predicted molar refractivity (Wildman–Crippen MR) is 70.4 cm³/mol. The Morgan fingerprint density at radius 1 is 1.39 bits per heavy atom. The molecule has 5 heteroatoms. The van der Waals surface area contributed by atoms with E-state index in [2.05, 4.69) is 10.4 Å². The van der Waals surface area contributed by atoms with E-state index in [0.717, 1.165) is 30.7 Å². The van der Waals surface area contributed by atoms with Gasteiger partial charge in [-0.2, -0.15) is 5.10 Å².